The van der Waals surface area contributed by atoms with Crippen LogP contribution in [-0.4, -0.2) is 52.7 Å². The summed E-state index contributed by atoms with van der Waals surface area (Å²) in [4.78, 5) is 34.7. The molecular weight excluding hydrogens is 340 g/mol. The third kappa shape index (κ3) is 2.73. The van der Waals surface area contributed by atoms with E-state index < -0.39 is 5.54 Å². The van der Waals surface area contributed by atoms with Gasteiger partial charge in [-0.1, -0.05) is 18.2 Å². The van der Waals surface area contributed by atoms with Gasteiger partial charge < -0.3 is 10.2 Å². The second-order valence-electron chi connectivity index (χ2n) is 8.55. The fraction of sp³-hybridized carbons (Fsp3) is 0.571. The second-order valence-corrected chi connectivity index (χ2v) is 8.55. The fourth-order valence-electron chi connectivity index (χ4n) is 5.14. The number of hydrogen-bond donors (Lipinski definition) is 1. The molecule has 27 heavy (non-hydrogen) atoms. The van der Waals surface area contributed by atoms with Gasteiger partial charge in [-0.3, -0.25) is 14.7 Å². The Kier molecular flexibility index (Phi) is 3.78. The van der Waals surface area contributed by atoms with Crippen molar-refractivity contribution in [1.29, 1.82) is 0 Å². The van der Waals surface area contributed by atoms with Crippen LogP contribution in [0.4, 0.5) is 10.5 Å². The molecule has 142 valence electrons. The lowest BCUT2D eigenvalue weighted by Gasteiger charge is -2.28. The molecule has 1 aromatic rings. The number of para-hydroxylation sites is 1. The standard InChI is InChI=1S/C21H26N4O2/c1-14-23-21(19(26)25(14)11-15-7-8-15)10-9-16-12-24(13-18(16)21)20(27)22-17-5-3-2-4-6-17/h2-6,15-16,18H,7-13H2,1H3,(H,22,27)/t16-,18+,21-/m1/s1. The molecule has 0 radical (unpaired) electrons. The average molecular weight is 366 g/mol. The van der Waals surface area contributed by atoms with Gasteiger partial charge >= 0.3 is 6.03 Å². The number of aliphatic imine (C=N–C) groups is 1. The van der Waals surface area contributed by atoms with Crippen LogP contribution in [0.2, 0.25) is 0 Å². The average Bonchev–Trinajstić information content (AvgIpc) is 3.20. The number of nitrogens with zero attached hydrogens (tertiary/aromatic N) is 3. The summed E-state index contributed by atoms with van der Waals surface area (Å²) in [6, 6.07) is 9.45. The first-order valence-electron chi connectivity index (χ1n) is 10.1. The normalized spacial score (nSPS) is 32.2. The molecule has 3 amide bonds. The van der Waals surface area contributed by atoms with Crippen LogP contribution in [0.5, 0.6) is 0 Å². The van der Waals surface area contributed by atoms with Crippen LogP contribution in [0.1, 0.15) is 32.6 Å². The molecule has 3 atom stereocenters. The first-order chi connectivity index (χ1) is 13.1. The molecule has 1 saturated heterocycles. The Bertz CT molecular complexity index is 804. The summed E-state index contributed by atoms with van der Waals surface area (Å²) in [5.74, 6) is 2.23. The van der Waals surface area contributed by atoms with Crippen molar-refractivity contribution in [2.24, 2.45) is 22.7 Å². The third-order valence-corrected chi connectivity index (χ3v) is 6.77. The minimum absolute atomic E-state index is 0.0771. The van der Waals surface area contributed by atoms with Crippen LogP contribution in [0.3, 0.4) is 0 Å². The van der Waals surface area contributed by atoms with Gasteiger partial charge in [0.2, 0.25) is 0 Å². The monoisotopic (exact) mass is 366 g/mol. The number of rotatable bonds is 3. The number of benzene rings is 1. The highest BCUT2D eigenvalue weighted by molar-refractivity contribution is 6.08. The smallest absolute Gasteiger partial charge is 0.321 e. The van der Waals surface area contributed by atoms with E-state index >= 15 is 0 Å². The summed E-state index contributed by atoms with van der Waals surface area (Å²) < 4.78 is 0. The van der Waals surface area contributed by atoms with E-state index in [1.807, 2.05) is 47.1 Å². The summed E-state index contributed by atoms with van der Waals surface area (Å²) in [5.41, 5.74) is 0.182. The highest BCUT2D eigenvalue weighted by Crippen LogP contribution is 2.50. The van der Waals surface area contributed by atoms with Gasteiger partial charge in [-0.2, -0.15) is 0 Å². The van der Waals surface area contributed by atoms with Gasteiger partial charge in [0.05, 0.1) is 0 Å². The predicted octanol–water partition coefficient (Wildman–Crippen LogP) is 2.97. The molecule has 0 bridgehead atoms. The van der Waals surface area contributed by atoms with Crippen molar-refractivity contribution < 1.29 is 9.59 Å². The summed E-state index contributed by atoms with van der Waals surface area (Å²) in [7, 11) is 0. The molecule has 2 saturated carbocycles. The van der Waals surface area contributed by atoms with E-state index in [9.17, 15) is 9.59 Å². The lowest BCUT2D eigenvalue weighted by molar-refractivity contribution is -0.132. The van der Waals surface area contributed by atoms with E-state index in [2.05, 4.69) is 5.32 Å². The summed E-state index contributed by atoms with van der Waals surface area (Å²) in [6.07, 6.45) is 4.25. The van der Waals surface area contributed by atoms with Gasteiger partial charge in [0.1, 0.15) is 11.4 Å². The van der Waals surface area contributed by atoms with Gasteiger partial charge in [-0.25, -0.2) is 4.79 Å². The molecule has 0 unspecified atom stereocenters. The van der Waals surface area contributed by atoms with Crippen LogP contribution in [-0.2, 0) is 4.79 Å². The molecule has 1 aromatic carbocycles. The Morgan fingerprint density at radius 3 is 2.74 bits per heavy atom. The number of carbonyl (C=O) groups is 2. The maximum absolute atomic E-state index is 13.3. The van der Waals surface area contributed by atoms with E-state index in [-0.39, 0.29) is 17.9 Å². The number of amidine groups is 1. The molecule has 0 aromatic heterocycles. The van der Waals surface area contributed by atoms with Gasteiger partial charge in [0, 0.05) is 31.2 Å². The van der Waals surface area contributed by atoms with E-state index in [4.69, 9.17) is 4.99 Å². The lowest BCUT2D eigenvalue weighted by Crippen LogP contribution is -2.47. The molecule has 4 aliphatic rings. The first-order valence-corrected chi connectivity index (χ1v) is 10.1. The van der Waals surface area contributed by atoms with Crippen LogP contribution < -0.4 is 5.32 Å². The van der Waals surface area contributed by atoms with Crippen molar-refractivity contribution in [1.82, 2.24) is 9.80 Å². The molecule has 6 nitrogen and oxygen atoms in total. The molecule has 2 aliphatic carbocycles. The number of hydrogen-bond acceptors (Lipinski definition) is 3. The van der Waals surface area contributed by atoms with Crippen molar-refractivity contribution >= 4 is 23.5 Å². The maximum atomic E-state index is 13.3. The van der Waals surface area contributed by atoms with Crippen molar-refractivity contribution in [3.63, 3.8) is 0 Å². The summed E-state index contributed by atoms with van der Waals surface area (Å²) in [5, 5.41) is 2.97. The Balaban J connectivity index is 1.31. The molecule has 2 aliphatic heterocycles. The maximum Gasteiger partial charge on any atom is 0.321 e. The zero-order valence-corrected chi connectivity index (χ0v) is 15.7. The number of carbonyl (C=O) groups excluding carboxylic acids is 2. The molecule has 1 N–H and O–H groups in total. The van der Waals surface area contributed by atoms with Crippen molar-refractivity contribution in [2.45, 2.75) is 38.1 Å². The largest absolute Gasteiger partial charge is 0.324 e. The van der Waals surface area contributed by atoms with Crippen LogP contribution in [0, 0.1) is 17.8 Å². The highest BCUT2D eigenvalue weighted by Gasteiger charge is 2.61. The van der Waals surface area contributed by atoms with E-state index in [1.54, 1.807) is 0 Å². The molecule has 2 heterocycles. The number of nitrogens with one attached hydrogen (secondary N) is 1. The van der Waals surface area contributed by atoms with Gasteiger partial charge in [0.25, 0.3) is 5.91 Å². The van der Waals surface area contributed by atoms with Crippen molar-refractivity contribution in [3.8, 4) is 0 Å². The topological polar surface area (TPSA) is 65.0 Å². The van der Waals surface area contributed by atoms with Gasteiger partial charge in [-0.05, 0) is 56.6 Å². The zero-order chi connectivity index (χ0) is 18.6. The Morgan fingerprint density at radius 1 is 1.22 bits per heavy atom. The molecule has 5 rings (SSSR count). The third-order valence-electron chi connectivity index (χ3n) is 6.77. The van der Waals surface area contributed by atoms with Gasteiger partial charge in [-0.15, -0.1) is 0 Å². The van der Waals surface area contributed by atoms with Gasteiger partial charge in [0.15, 0.2) is 0 Å². The van der Waals surface area contributed by atoms with Crippen LogP contribution in [0.25, 0.3) is 0 Å². The highest BCUT2D eigenvalue weighted by atomic mass is 16.2. The van der Waals surface area contributed by atoms with Crippen molar-refractivity contribution in [3.05, 3.63) is 30.3 Å². The second kappa shape index (κ2) is 6.08. The Morgan fingerprint density at radius 2 is 2.00 bits per heavy atom. The van der Waals surface area contributed by atoms with E-state index in [0.29, 0.717) is 18.4 Å². The quantitative estimate of drug-likeness (QED) is 0.894. The van der Waals surface area contributed by atoms with Crippen molar-refractivity contribution in [2.75, 3.05) is 25.0 Å². The first kappa shape index (κ1) is 16.8. The summed E-state index contributed by atoms with van der Waals surface area (Å²) >= 11 is 0. The SMILES string of the molecule is CC1=N[C@@]2(CC[C@@H]3CN(C(=O)Nc4ccccc4)C[C@@H]32)C(=O)N1CC1CC1. The van der Waals surface area contributed by atoms with E-state index in [1.165, 1.54) is 12.8 Å². The number of likely N-dealkylation sites (tertiary alicyclic amines) is 1. The fourth-order valence-corrected chi connectivity index (χ4v) is 5.14. The lowest BCUT2D eigenvalue weighted by atomic mass is 9.85. The molecular formula is C21H26N4O2. The number of amides is 3. The summed E-state index contributed by atoms with van der Waals surface area (Å²) in [6.45, 7) is 4.13. The number of urea groups is 1. The predicted molar refractivity (Wildman–Crippen MR) is 104 cm³/mol. The minimum Gasteiger partial charge on any atom is -0.324 e. The molecule has 3 fully saturated rings. The Labute approximate surface area is 159 Å². The number of fused-ring (bicyclic) bond motifs is 2. The Hall–Kier alpha value is -2.37. The van der Waals surface area contributed by atoms with Crippen LogP contribution >= 0.6 is 0 Å². The van der Waals surface area contributed by atoms with Crippen LogP contribution in [0.15, 0.2) is 35.3 Å². The molecule has 6 heteroatoms. The minimum atomic E-state index is -0.620. The number of anilines is 1. The zero-order valence-electron chi connectivity index (χ0n) is 15.7. The van der Waals surface area contributed by atoms with E-state index in [0.717, 1.165) is 37.5 Å². The molecule has 1 spiro atoms.